The molecule has 128 valence electrons. The van der Waals surface area contributed by atoms with Gasteiger partial charge in [0.25, 0.3) is 0 Å². The van der Waals surface area contributed by atoms with Crippen LogP contribution in [-0.2, 0) is 11.2 Å². The van der Waals surface area contributed by atoms with Gasteiger partial charge in [-0.1, -0.05) is 12.1 Å². The predicted octanol–water partition coefficient (Wildman–Crippen LogP) is 4.50. The van der Waals surface area contributed by atoms with Crippen molar-refractivity contribution in [3.05, 3.63) is 64.7 Å². The Kier molecular flexibility index (Phi) is 5.56. The van der Waals surface area contributed by atoms with Gasteiger partial charge in [0.15, 0.2) is 0 Å². The summed E-state index contributed by atoms with van der Waals surface area (Å²) < 4.78 is 0. The summed E-state index contributed by atoms with van der Waals surface area (Å²) >= 11 is 1.60. The molecule has 2 heterocycles. The SMILES string of the molecule is CCN(C(=O)CCc1nc(-c2ccncc2)cs1)c1cccc(C)c1. The highest BCUT2D eigenvalue weighted by molar-refractivity contribution is 7.09. The molecule has 1 amide bonds. The molecular formula is C20H21N3OS. The highest BCUT2D eigenvalue weighted by Gasteiger charge is 2.15. The summed E-state index contributed by atoms with van der Waals surface area (Å²) in [7, 11) is 0. The standard InChI is InChI=1S/C20H21N3OS/c1-3-23(17-6-4-5-15(2)13-17)20(24)8-7-19-22-18(14-25-19)16-9-11-21-12-10-16/h4-6,9-14H,3,7-8H2,1-2H3. The van der Waals surface area contributed by atoms with Gasteiger partial charge in [-0.25, -0.2) is 4.98 Å². The maximum absolute atomic E-state index is 12.6. The van der Waals surface area contributed by atoms with E-state index in [1.807, 2.05) is 60.5 Å². The van der Waals surface area contributed by atoms with Crippen molar-refractivity contribution in [3.63, 3.8) is 0 Å². The predicted molar refractivity (Wildman–Crippen MR) is 103 cm³/mol. The summed E-state index contributed by atoms with van der Waals surface area (Å²) in [5, 5.41) is 3.02. The zero-order chi connectivity index (χ0) is 17.6. The van der Waals surface area contributed by atoms with Crippen LogP contribution >= 0.6 is 11.3 Å². The van der Waals surface area contributed by atoms with Gasteiger partial charge in [0.1, 0.15) is 0 Å². The Bertz CT molecular complexity index is 845. The van der Waals surface area contributed by atoms with E-state index in [1.54, 1.807) is 23.7 Å². The van der Waals surface area contributed by atoms with E-state index in [1.165, 1.54) is 0 Å². The Hall–Kier alpha value is -2.53. The molecule has 0 saturated carbocycles. The van der Waals surface area contributed by atoms with Crippen LogP contribution in [0.1, 0.15) is 23.9 Å². The molecule has 1 aromatic carbocycles. The van der Waals surface area contributed by atoms with E-state index in [0.29, 0.717) is 19.4 Å². The van der Waals surface area contributed by atoms with Gasteiger partial charge >= 0.3 is 0 Å². The van der Waals surface area contributed by atoms with E-state index in [4.69, 9.17) is 0 Å². The van der Waals surface area contributed by atoms with Crippen LogP contribution in [0.25, 0.3) is 11.3 Å². The summed E-state index contributed by atoms with van der Waals surface area (Å²) in [6.07, 6.45) is 4.65. The number of anilines is 1. The number of benzene rings is 1. The number of aromatic nitrogens is 2. The van der Waals surface area contributed by atoms with Gasteiger partial charge in [0.05, 0.1) is 10.7 Å². The Morgan fingerprint density at radius 3 is 2.72 bits per heavy atom. The number of carbonyl (C=O) groups excluding carboxylic acids is 1. The van der Waals surface area contributed by atoms with Crippen LogP contribution in [0.15, 0.2) is 54.2 Å². The second-order valence-corrected chi connectivity index (χ2v) is 6.78. The van der Waals surface area contributed by atoms with Gasteiger partial charge < -0.3 is 4.90 Å². The fraction of sp³-hybridized carbons (Fsp3) is 0.250. The molecule has 0 unspecified atom stereocenters. The van der Waals surface area contributed by atoms with Gasteiger partial charge in [0.2, 0.25) is 5.91 Å². The van der Waals surface area contributed by atoms with Crippen molar-refractivity contribution in [2.75, 3.05) is 11.4 Å². The van der Waals surface area contributed by atoms with Crippen LogP contribution in [0.3, 0.4) is 0 Å². The summed E-state index contributed by atoms with van der Waals surface area (Å²) in [6, 6.07) is 12.0. The average Bonchev–Trinajstić information content (AvgIpc) is 3.10. The molecular weight excluding hydrogens is 330 g/mol. The number of nitrogens with zero attached hydrogens (tertiary/aromatic N) is 3. The van der Waals surface area contributed by atoms with Crippen LogP contribution in [0.4, 0.5) is 5.69 Å². The van der Waals surface area contributed by atoms with Crippen molar-refractivity contribution >= 4 is 22.9 Å². The van der Waals surface area contributed by atoms with Crippen molar-refractivity contribution in [2.45, 2.75) is 26.7 Å². The van der Waals surface area contributed by atoms with Crippen molar-refractivity contribution in [2.24, 2.45) is 0 Å². The molecule has 3 aromatic rings. The number of carbonyl (C=O) groups is 1. The highest BCUT2D eigenvalue weighted by atomic mass is 32.1. The summed E-state index contributed by atoms with van der Waals surface area (Å²) in [4.78, 5) is 23.1. The molecule has 0 bridgehead atoms. The van der Waals surface area contributed by atoms with Crippen LogP contribution in [0.5, 0.6) is 0 Å². The van der Waals surface area contributed by atoms with Crippen molar-refractivity contribution in [1.29, 1.82) is 0 Å². The van der Waals surface area contributed by atoms with E-state index in [-0.39, 0.29) is 5.91 Å². The number of pyridine rings is 1. The number of thiazole rings is 1. The van der Waals surface area contributed by atoms with E-state index >= 15 is 0 Å². The fourth-order valence-corrected chi connectivity index (χ4v) is 3.54. The Balaban J connectivity index is 1.65. The fourth-order valence-electron chi connectivity index (χ4n) is 2.73. The lowest BCUT2D eigenvalue weighted by atomic mass is 10.2. The van der Waals surface area contributed by atoms with Gasteiger partial charge in [-0.05, 0) is 43.7 Å². The molecule has 4 nitrogen and oxygen atoms in total. The zero-order valence-electron chi connectivity index (χ0n) is 14.5. The van der Waals surface area contributed by atoms with Gasteiger partial charge in [-0.3, -0.25) is 9.78 Å². The molecule has 0 fully saturated rings. The first-order valence-electron chi connectivity index (χ1n) is 8.39. The van der Waals surface area contributed by atoms with Gasteiger partial charge in [-0.15, -0.1) is 11.3 Å². The van der Waals surface area contributed by atoms with Crippen LogP contribution in [-0.4, -0.2) is 22.4 Å². The maximum atomic E-state index is 12.6. The van der Waals surface area contributed by atoms with E-state index in [9.17, 15) is 4.79 Å². The largest absolute Gasteiger partial charge is 0.313 e. The number of aryl methyl sites for hydroxylation is 2. The number of hydrogen-bond donors (Lipinski definition) is 0. The molecule has 0 aliphatic rings. The van der Waals surface area contributed by atoms with Crippen molar-refractivity contribution < 1.29 is 4.79 Å². The highest BCUT2D eigenvalue weighted by Crippen LogP contribution is 2.23. The van der Waals surface area contributed by atoms with Crippen LogP contribution in [0, 0.1) is 6.92 Å². The van der Waals surface area contributed by atoms with E-state index in [0.717, 1.165) is 27.5 Å². The first-order chi connectivity index (χ1) is 12.2. The van der Waals surface area contributed by atoms with Crippen molar-refractivity contribution in [3.8, 4) is 11.3 Å². The normalized spacial score (nSPS) is 10.6. The quantitative estimate of drug-likeness (QED) is 0.657. The third-order valence-electron chi connectivity index (χ3n) is 4.01. The minimum absolute atomic E-state index is 0.133. The molecule has 0 aliphatic heterocycles. The molecule has 5 heteroatoms. The first kappa shape index (κ1) is 17.3. The third kappa shape index (κ3) is 4.31. The molecule has 25 heavy (non-hydrogen) atoms. The van der Waals surface area contributed by atoms with Crippen LogP contribution in [0.2, 0.25) is 0 Å². The lowest BCUT2D eigenvalue weighted by molar-refractivity contribution is -0.118. The molecule has 0 N–H and O–H groups in total. The number of hydrogen-bond acceptors (Lipinski definition) is 4. The summed E-state index contributed by atoms with van der Waals surface area (Å²) in [5.41, 5.74) is 4.12. The maximum Gasteiger partial charge on any atom is 0.227 e. The summed E-state index contributed by atoms with van der Waals surface area (Å²) in [6.45, 7) is 4.71. The van der Waals surface area contributed by atoms with E-state index in [2.05, 4.69) is 9.97 Å². The number of rotatable bonds is 6. The molecule has 0 aliphatic carbocycles. The smallest absolute Gasteiger partial charge is 0.227 e. The Morgan fingerprint density at radius 2 is 2.00 bits per heavy atom. The molecule has 0 atom stereocenters. The van der Waals surface area contributed by atoms with Crippen molar-refractivity contribution in [1.82, 2.24) is 9.97 Å². The molecule has 3 rings (SSSR count). The summed E-state index contributed by atoms with van der Waals surface area (Å²) in [5.74, 6) is 0.133. The second kappa shape index (κ2) is 8.03. The van der Waals surface area contributed by atoms with E-state index < -0.39 is 0 Å². The Labute approximate surface area is 152 Å². The van der Waals surface area contributed by atoms with Crippen LogP contribution < -0.4 is 4.90 Å². The first-order valence-corrected chi connectivity index (χ1v) is 9.27. The minimum atomic E-state index is 0.133. The zero-order valence-corrected chi connectivity index (χ0v) is 15.3. The lowest BCUT2D eigenvalue weighted by Gasteiger charge is -2.21. The molecule has 0 radical (unpaired) electrons. The second-order valence-electron chi connectivity index (χ2n) is 5.84. The lowest BCUT2D eigenvalue weighted by Crippen LogP contribution is -2.30. The van der Waals surface area contributed by atoms with Gasteiger partial charge in [-0.2, -0.15) is 0 Å². The topological polar surface area (TPSA) is 46.1 Å². The number of amides is 1. The average molecular weight is 351 g/mol. The molecule has 0 saturated heterocycles. The van der Waals surface area contributed by atoms with Gasteiger partial charge in [0, 0.05) is 48.4 Å². The minimum Gasteiger partial charge on any atom is -0.313 e. The molecule has 2 aromatic heterocycles. The third-order valence-corrected chi connectivity index (χ3v) is 4.92. The molecule has 0 spiro atoms. The Morgan fingerprint density at radius 1 is 1.20 bits per heavy atom. The monoisotopic (exact) mass is 351 g/mol.